The van der Waals surface area contributed by atoms with Gasteiger partial charge in [-0.25, -0.2) is 13.4 Å². The predicted octanol–water partition coefficient (Wildman–Crippen LogP) is -0.651. The number of H-pyrrole nitrogens is 1. The molecular formula is C10H15N3O3S. The Bertz CT molecular complexity index is 591. The Labute approximate surface area is 99.4 Å². The molecule has 0 saturated heterocycles. The van der Waals surface area contributed by atoms with Crippen LogP contribution in [0.15, 0.2) is 4.79 Å². The van der Waals surface area contributed by atoms with Crippen LogP contribution in [0, 0.1) is 0 Å². The highest BCUT2D eigenvalue weighted by Gasteiger charge is 2.29. The van der Waals surface area contributed by atoms with E-state index in [-0.39, 0.29) is 23.1 Å². The highest BCUT2D eigenvalue weighted by molar-refractivity contribution is 7.90. The van der Waals surface area contributed by atoms with Gasteiger partial charge in [-0.1, -0.05) is 0 Å². The van der Waals surface area contributed by atoms with Crippen LogP contribution in [0.25, 0.3) is 0 Å². The molecule has 0 radical (unpaired) electrons. The number of likely N-dealkylation sites (N-methyl/N-ethyl adjacent to an activating group) is 1. The molecule has 7 heteroatoms. The van der Waals surface area contributed by atoms with Gasteiger partial charge in [0.05, 0.1) is 22.8 Å². The Hall–Kier alpha value is -1.21. The van der Waals surface area contributed by atoms with Gasteiger partial charge in [0.2, 0.25) is 0 Å². The number of nitrogens with zero attached hydrogens (tertiary/aromatic N) is 1. The minimum Gasteiger partial charge on any atom is -0.317 e. The fourth-order valence-corrected chi connectivity index (χ4v) is 3.33. The molecule has 0 amide bonds. The van der Waals surface area contributed by atoms with E-state index in [9.17, 15) is 13.2 Å². The number of hydrogen-bond donors (Lipinski definition) is 2. The third-order valence-electron chi connectivity index (χ3n) is 2.86. The van der Waals surface area contributed by atoms with E-state index in [2.05, 4.69) is 15.3 Å². The Morgan fingerprint density at radius 3 is 2.82 bits per heavy atom. The number of hydrogen-bond acceptors (Lipinski definition) is 5. The second kappa shape index (κ2) is 4.23. The van der Waals surface area contributed by atoms with E-state index in [1.165, 1.54) is 0 Å². The number of rotatable bonds is 3. The average molecular weight is 257 g/mol. The summed E-state index contributed by atoms with van der Waals surface area (Å²) in [6, 6.07) is 0.175. The van der Waals surface area contributed by atoms with Crippen LogP contribution in [-0.4, -0.2) is 31.5 Å². The Balaban J connectivity index is 2.37. The van der Waals surface area contributed by atoms with Crippen LogP contribution >= 0.6 is 0 Å². The summed E-state index contributed by atoms with van der Waals surface area (Å²) in [6.45, 7) is 1.96. The third kappa shape index (κ3) is 2.55. The molecule has 0 spiro atoms. The molecule has 0 saturated carbocycles. The van der Waals surface area contributed by atoms with Crippen LogP contribution in [0.3, 0.4) is 0 Å². The van der Waals surface area contributed by atoms with Gasteiger partial charge in [-0.05, 0) is 14.0 Å². The van der Waals surface area contributed by atoms with Gasteiger partial charge < -0.3 is 10.3 Å². The Morgan fingerprint density at radius 2 is 2.18 bits per heavy atom. The fraction of sp³-hybridized carbons (Fsp3) is 0.600. The molecular weight excluding hydrogens is 242 g/mol. The SMILES string of the molecule is CNC(C)Cc1nc2c(c(=O)[nH]1)CS(=O)(=O)C2. The molecule has 17 heavy (non-hydrogen) atoms. The van der Waals surface area contributed by atoms with Crippen LogP contribution in [-0.2, 0) is 27.8 Å². The molecule has 1 atom stereocenters. The standard InChI is InChI=1S/C10H15N3O3S/c1-6(11-2)3-9-12-8-5-17(15,16)4-7(8)10(14)13-9/h6,11H,3-5H2,1-2H3,(H,12,13,14). The number of fused-ring (bicyclic) bond motifs is 1. The van der Waals surface area contributed by atoms with Gasteiger partial charge in [0.15, 0.2) is 9.84 Å². The zero-order valence-corrected chi connectivity index (χ0v) is 10.6. The van der Waals surface area contributed by atoms with Crippen molar-refractivity contribution in [1.82, 2.24) is 15.3 Å². The highest BCUT2D eigenvalue weighted by atomic mass is 32.2. The first-order chi connectivity index (χ1) is 7.91. The third-order valence-corrected chi connectivity index (χ3v) is 4.31. The molecule has 1 aliphatic heterocycles. The van der Waals surface area contributed by atoms with Crippen LogP contribution in [0.1, 0.15) is 24.0 Å². The minimum atomic E-state index is -3.18. The first-order valence-corrected chi connectivity index (χ1v) is 7.22. The normalized spacial score (nSPS) is 18.9. The smallest absolute Gasteiger partial charge is 0.255 e. The summed E-state index contributed by atoms with van der Waals surface area (Å²) in [5.74, 6) is 0.229. The van der Waals surface area contributed by atoms with Gasteiger partial charge >= 0.3 is 0 Å². The lowest BCUT2D eigenvalue weighted by Crippen LogP contribution is -2.27. The lowest BCUT2D eigenvalue weighted by atomic mass is 10.2. The quantitative estimate of drug-likeness (QED) is 0.750. The van der Waals surface area contributed by atoms with Crippen LogP contribution in [0.4, 0.5) is 0 Å². The maximum Gasteiger partial charge on any atom is 0.255 e. The minimum absolute atomic E-state index is 0.118. The lowest BCUT2D eigenvalue weighted by molar-refractivity contribution is 0.587. The van der Waals surface area contributed by atoms with Crippen molar-refractivity contribution in [2.24, 2.45) is 0 Å². The van der Waals surface area contributed by atoms with Crippen molar-refractivity contribution in [3.05, 3.63) is 27.4 Å². The van der Waals surface area contributed by atoms with Crippen LogP contribution in [0.2, 0.25) is 0 Å². The summed E-state index contributed by atoms with van der Waals surface area (Å²) in [7, 11) is -1.36. The zero-order valence-electron chi connectivity index (χ0n) is 9.78. The molecule has 2 heterocycles. The number of aromatic nitrogens is 2. The highest BCUT2D eigenvalue weighted by Crippen LogP contribution is 2.19. The van der Waals surface area contributed by atoms with Crippen molar-refractivity contribution in [3.8, 4) is 0 Å². The van der Waals surface area contributed by atoms with Gasteiger partial charge in [-0.3, -0.25) is 4.79 Å². The van der Waals surface area contributed by atoms with Crippen molar-refractivity contribution in [1.29, 1.82) is 0 Å². The van der Waals surface area contributed by atoms with E-state index in [1.807, 2.05) is 14.0 Å². The summed E-state index contributed by atoms with van der Waals surface area (Å²) < 4.78 is 22.8. The van der Waals surface area contributed by atoms with Crippen molar-refractivity contribution in [3.63, 3.8) is 0 Å². The van der Waals surface area contributed by atoms with Gasteiger partial charge in [0.25, 0.3) is 5.56 Å². The molecule has 0 bridgehead atoms. The molecule has 0 aliphatic carbocycles. The summed E-state index contributed by atoms with van der Waals surface area (Å²) in [5, 5.41) is 3.04. The largest absolute Gasteiger partial charge is 0.317 e. The zero-order chi connectivity index (χ0) is 12.6. The molecule has 1 aromatic heterocycles. The summed E-state index contributed by atoms with van der Waals surface area (Å²) in [5.41, 5.74) is 0.382. The second-order valence-electron chi connectivity index (χ2n) is 4.36. The fourth-order valence-electron chi connectivity index (χ4n) is 1.83. The van der Waals surface area contributed by atoms with Gasteiger partial charge in [0.1, 0.15) is 5.82 Å². The molecule has 0 aromatic carbocycles. The first kappa shape index (κ1) is 12.3. The lowest BCUT2D eigenvalue weighted by Gasteiger charge is -2.09. The van der Waals surface area contributed by atoms with E-state index in [0.29, 0.717) is 23.5 Å². The van der Waals surface area contributed by atoms with Crippen LogP contribution < -0.4 is 10.9 Å². The molecule has 2 rings (SSSR count). The Morgan fingerprint density at radius 1 is 1.47 bits per heavy atom. The summed E-state index contributed by atoms with van der Waals surface area (Å²) >= 11 is 0. The van der Waals surface area contributed by atoms with Gasteiger partial charge in [-0.15, -0.1) is 0 Å². The monoisotopic (exact) mass is 257 g/mol. The van der Waals surface area contributed by atoms with Gasteiger partial charge in [-0.2, -0.15) is 0 Å². The molecule has 2 N–H and O–H groups in total. The van der Waals surface area contributed by atoms with E-state index < -0.39 is 9.84 Å². The van der Waals surface area contributed by atoms with Gasteiger partial charge in [0, 0.05) is 12.5 Å². The topological polar surface area (TPSA) is 91.9 Å². The van der Waals surface area contributed by atoms with E-state index in [4.69, 9.17) is 0 Å². The molecule has 1 aromatic rings. The van der Waals surface area contributed by atoms with E-state index >= 15 is 0 Å². The number of nitrogens with one attached hydrogen (secondary N) is 2. The molecule has 1 unspecified atom stereocenters. The molecule has 1 aliphatic rings. The number of aromatic amines is 1. The van der Waals surface area contributed by atoms with Crippen molar-refractivity contribution < 1.29 is 8.42 Å². The predicted molar refractivity (Wildman–Crippen MR) is 63.4 cm³/mol. The first-order valence-electron chi connectivity index (χ1n) is 5.40. The summed E-state index contributed by atoms with van der Waals surface area (Å²) in [6.07, 6.45) is 0.569. The number of sulfone groups is 1. The van der Waals surface area contributed by atoms with Crippen molar-refractivity contribution in [2.75, 3.05) is 7.05 Å². The molecule has 6 nitrogen and oxygen atoms in total. The summed E-state index contributed by atoms with van der Waals surface area (Å²) in [4.78, 5) is 18.6. The maximum absolute atomic E-state index is 11.7. The van der Waals surface area contributed by atoms with Crippen LogP contribution in [0.5, 0.6) is 0 Å². The second-order valence-corrected chi connectivity index (χ2v) is 6.43. The Kier molecular flexibility index (Phi) is 3.05. The maximum atomic E-state index is 11.7. The molecule has 94 valence electrons. The van der Waals surface area contributed by atoms with E-state index in [0.717, 1.165) is 0 Å². The van der Waals surface area contributed by atoms with E-state index in [1.54, 1.807) is 0 Å². The molecule has 0 fully saturated rings. The van der Waals surface area contributed by atoms with Crippen molar-refractivity contribution >= 4 is 9.84 Å². The average Bonchev–Trinajstić information content (AvgIpc) is 2.53. The van der Waals surface area contributed by atoms with Crippen molar-refractivity contribution in [2.45, 2.75) is 30.9 Å².